The first-order valence-corrected chi connectivity index (χ1v) is 8.15. The van der Waals surface area contributed by atoms with E-state index in [0.29, 0.717) is 16.6 Å². The fourth-order valence-corrected chi connectivity index (χ4v) is 2.70. The summed E-state index contributed by atoms with van der Waals surface area (Å²) >= 11 is 1.45. The molecule has 0 unspecified atom stereocenters. The van der Waals surface area contributed by atoms with Gasteiger partial charge in [-0.1, -0.05) is 50.7 Å². The second-order valence-electron chi connectivity index (χ2n) is 5.34. The van der Waals surface area contributed by atoms with Gasteiger partial charge in [0.2, 0.25) is 5.13 Å². The molecule has 0 fully saturated rings. The Morgan fingerprint density at radius 3 is 2.57 bits per heavy atom. The Bertz CT molecular complexity index is 590. The van der Waals surface area contributed by atoms with Gasteiger partial charge in [-0.25, -0.2) is 0 Å². The average Bonchev–Trinajstić information content (AvgIpc) is 2.92. The molecule has 21 heavy (non-hydrogen) atoms. The number of aromatic nitrogens is 2. The van der Waals surface area contributed by atoms with E-state index >= 15 is 0 Å². The highest BCUT2D eigenvalue weighted by Crippen LogP contribution is 2.19. The maximum absolute atomic E-state index is 12.1. The second-order valence-corrected chi connectivity index (χ2v) is 6.40. The van der Waals surface area contributed by atoms with E-state index in [1.165, 1.54) is 16.9 Å². The fourth-order valence-electron chi connectivity index (χ4n) is 1.92. The van der Waals surface area contributed by atoms with Crippen LogP contribution in [0.25, 0.3) is 0 Å². The molecule has 1 heterocycles. The zero-order chi connectivity index (χ0) is 15.2. The lowest BCUT2D eigenvalue weighted by atomic mass is 10.0. The van der Waals surface area contributed by atoms with Gasteiger partial charge in [-0.2, -0.15) is 0 Å². The van der Waals surface area contributed by atoms with E-state index in [0.717, 1.165) is 24.3 Å². The monoisotopic (exact) mass is 303 g/mol. The van der Waals surface area contributed by atoms with Crippen molar-refractivity contribution in [1.82, 2.24) is 10.2 Å². The van der Waals surface area contributed by atoms with Crippen molar-refractivity contribution in [2.45, 2.75) is 46.0 Å². The maximum Gasteiger partial charge on any atom is 0.257 e. The van der Waals surface area contributed by atoms with Crippen LogP contribution >= 0.6 is 11.3 Å². The first-order chi connectivity index (χ1) is 10.1. The third-order valence-electron chi connectivity index (χ3n) is 3.27. The van der Waals surface area contributed by atoms with Crippen molar-refractivity contribution in [3.05, 3.63) is 40.4 Å². The van der Waals surface area contributed by atoms with Crippen LogP contribution in [0.5, 0.6) is 0 Å². The van der Waals surface area contributed by atoms with Crippen LogP contribution in [0.4, 0.5) is 5.13 Å². The molecular formula is C16H21N3OS. The average molecular weight is 303 g/mol. The van der Waals surface area contributed by atoms with Crippen molar-refractivity contribution < 1.29 is 4.79 Å². The lowest BCUT2D eigenvalue weighted by molar-refractivity contribution is 0.102. The van der Waals surface area contributed by atoms with Crippen molar-refractivity contribution >= 4 is 22.4 Å². The summed E-state index contributed by atoms with van der Waals surface area (Å²) in [5, 5.41) is 12.5. The first-order valence-electron chi connectivity index (χ1n) is 7.33. The van der Waals surface area contributed by atoms with E-state index in [1.54, 1.807) is 0 Å². The van der Waals surface area contributed by atoms with E-state index in [-0.39, 0.29) is 5.91 Å². The number of amides is 1. The quantitative estimate of drug-likeness (QED) is 0.867. The van der Waals surface area contributed by atoms with Gasteiger partial charge in [-0.15, -0.1) is 10.2 Å². The van der Waals surface area contributed by atoms with Crippen molar-refractivity contribution in [3.8, 4) is 0 Å². The van der Waals surface area contributed by atoms with Crippen LogP contribution in [0.2, 0.25) is 0 Å². The van der Waals surface area contributed by atoms with Gasteiger partial charge in [0.25, 0.3) is 5.91 Å². The molecule has 112 valence electrons. The van der Waals surface area contributed by atoms with Gasteiger partial charge in [0.15, 0.2) is 0 Å². The number of aryl methyl sites for hydroxylation is 1. The molecule has 4 nitrogen and oxygen atoms in total. The minimum Gasteiger partial charge on any atom is -0.296 e. The molecule has 1 amide bonds. The standard InChI is InChI=1S/C16H21N3OS/c1-4-5-6-14-18-19-16(21-14)17-15(20)13-9-7-12(8-10-13)11(2)3/h7-11H,4-6H2,1-3H3,(H,17,19,20). The lowest BCUT2D eigenvalue weighted by Gasteiger charge is -2.06. The molecule has 0 aliphatic rings. The van der Waals surface area contributed by atoms with Crippen LogP contribution in [-0.4, -0.2) is 16.1 Å². The van der Waals surface area contributed by atoms with Gasteiger partial charge in [0.1, 0.15) is 5.01 Å². The Labute approximate surface area is 129 Å². The van der Waals surface area contributed by atoms with Gasteiger partial charge < -0.3 is 0 Å². The molecule has 1 aromatic carbocycles. The van der Waals surface area contributed by atoms with E-state index in [4.69, 9.17) is 0 Å². The smallest absolute Gasteiger partial charge is 0.257 e. The van der Waals surface area contributed by atoms with E-state index in [1.807, 2.05) is 24.3 Å². The molecule has 1 N–H and O–H groups in total. The van der Waals surface area contributed by atoms with E-state index in [9.17, 15) is 4.79 Å². The largest absolute Gasteiger partial charge is 0.296 e. The number of anilines is 1. The summed E-state index contributed by atoms with van der Waals surface area (Å²) in [7, 11) is 0. The number of carbonyl (C=O) groups is 1. The highest BCUT2D eigenvalue weighted by atomic mass is 32.1. The number of rotatable bonds is 6. The molecule has 0 saturated heterocycles. The Hall–Kier alpha value is -1.75. The van der Waals surface area contributed by atoms with Gasteiger partial charge in [-0.05, 0) is 30.0 Å². The van der Waals surface area contributed by atoms with Crippen LogP contribution in [0.1, 0.15) is 60.5 Å². The zero-order valence-electron chi connectivity index (χ0n) is 12.7. The number of carbonyl (C=O) groups excluding carboxylic acids is 1. The third kappa shape index (κ3) is 4.36. The molecule has 0 atom stereocenters. The van der Waals surface area contributed by atoms with Crippen LogP contribution in [-0.2, 0) is 6.42 Å². The SMILES string of the molecule is CCCCc1nnc(NC(=O)c2ccc(C(C)C)cc2)s1. The molecule has 2 rings (SSSR count). The zero-order valence-corrected chi connectivity index (χ0v) is 13.5. The predicted molar refractivity (Wildman–Crippen MR) is 87.0 cm³/mol. The summed E-state index contributed by atoms with van der Waals surface area (Å²) in [6.45, 7) is 6.41. The molecule has 5 heteroatoms. The van der Waals surface area contributed by atoms with E-state index in [2.05, 4.69) is 36.3 Å². The topological polar surface area (TPSA) is 54.9 Å². The number of hydrogen-bond acceptors (Lipinski definition) is 4. The first kappa shape index (κ1) is 15.6. The molecule has 2 aromatic rings. The number of nitrogens with zero attached hydrogens (tertiary/aromatic N) is 2. The van der Waals surface area contributed by atoms with Crippen LogP contribution in [0.15, 0.2) is 24.3 Å². The molecule has 0 spiro atoms. The van der Waals surface area contributed by atoms with Crippen molar-refractivity contribution in [3.63, 3.8) is 0 Å². The summed E-state index contributed by atoms with van der Waals surface area (Å²) in [4.78, 5) is 12.1. The molecule has 0 bridgehead atoms. The van der Waals surface area contributed by atoms with Gasteiger partial charge in [-0.3, -0.25) is 10.1 Å². The normalized spacial score (nSPS) is 10.9. The van der Waals surface area contributed by atoms with Gasteiger partial charge in [0, 0.05) is 12.0 Å². The minimum atomic E-state index is -0.136. The predicted octanol–water partition coefficient (Wildman–Crippen LogP) is 4.26. The van der Waals surface area contributed by atoms with Crippen molar-refractivity contribution in [2.75, 3.05) is 5.32 Å². The summed E-state index contributed by atoms with van der Waals surface area (Å²) in [5.41, 5.74) is 1.87. The van der Waals surface area contributed by atoms with Crippen molar-refractivity contribution in [1.29, 1.82) is 0 Å². The number of benzene rings is 1. The molecule has 0 aliphatic heterocycles. The van der Waals surface area contributed by atoms with Crippen LogP contribution in [0.3, 0.4) is 0 Å². The summed E-state index contributed by atoms with van der Waals surface area (Å²) in [5.74, 6) is 0.329. The Kier molecular flexibility index (Phi) is 5.44. The summed E-state index contributed by atoms with van der Waals surface area (Å²) in [6, 6.07) is 7.69. The summed E-state index contributed by atoms with van der Waals surface area (Å²) < 4.78 is 0. The highest BCUT2D eigenvalue weighted by molar-refractivity contribution is 7.15. The highest BCUT2D eigenvalue weighted by Gasteiger charge is 2.10. The Balaban J connectivity index is 1.98. The van der Waals surface area contributed by atoms with Crippen LogP contribution in [0, 0.1) is 0 Å². The molecule has 1 aromatic heterocycles. The maximum atomic E-state index is 12.1. The third-order valence-corrected chi connectivity index (χ3v) is 4.17. The molecule has 0 saturated carbocycles. The molecular weight excluding hydrogens is 282 g/mol. The molecule has 0 aliphatic carbocycles. The fraction of sp³-hybridized carbons (Fsp3) is 0.438. The second kappa shape index (κ2) is 7.31. The van der Waals surface area contributed by atoms with Crippen molar-refractivity contribution in [2.24, 2.45) is 0 Å². The van der Waals surface area contributed by atoms with Gasteiger partial charge >= 0.3 is 0 Å². The number of nitrogens with one attached hydrogen (secondary N) is 1. The number of unbranched alkanes of at least 4 members (excludes halogenated alkanes) is 1. The summed E-state index contributed by atoms with van der Waals surface area (Å²) in [6.07, 6.45) is 3.15. The minimum absolute atomic E-state index is 0.136. The Morgan fingerprint density at radius 1 is 1.24 bits per heavy atom. The van der Waals surface area contributed by atoms with E-state index < -0.39 is 0 Å². The Morgan fingerprint density at radius 2 is 1.95 bits per heavy atom. The van der Waals surface area contributed by atoms with Gasteiger partial charge in [0.05, 0.1) is 0 Å². The van der Waals surface area contributed by atoms with Crippen LogP contribution < -0.4 is 5.32 Å². The lowest BCUT2D eigenvalue weighted by Crippen LogP contribution is -2.11. The molecule has 0 radical (unpaired) electrons. The number of hydrogen-bond donors (Lipinski definition) is 1.